The van der Waals surface area contributed by atoms with Crippen LogP contribution in [-0.4, -0.2) is 26.0 Å². The van der Waals surface area contributed by atoms with Gasteiger partial charge in [0.05, 0.1) is 10.8 Å². The Morgan fingerprint density at radius 2 is 1.68 bits per heavy atom. The van der Waals surface area contributed by atoms with Gasteiger partial charge in [-0.05, 0) is 18.2 Å². The molecule has 116 valence electrons. The van der Waals surface area contributed by atoms with Crippen LogP contribution in [0.4, 0.5) is 4.39 Å². The summed E-state index contributed by atoms with van der Waals surface area (Å²) in [6, 6.07) is 13.0. The number of halogens is 1. The van der Waals surface area contributed by atoms with Crippen LogP contribution < -0.4 is 4.72 Å². The number of rotatable bonds is 6. The molecule has 0 aliphatic rings. The second-order valence-corrected chi connectivity index (χ2v) is 6.34. The van der Waals surface area contributed by atoms with Crippen molar-refractivity contribution < 1.29 is 22.7 Å². The van der Waals surface area contributed by atoms with Crippen molar-refractivity contribution in [3.8, 4) is 0 Å². The minimum atomic E-state index is -3.85. The summed E-state index contributed by atoms with van der Waals surface area (Å²) in [5.41, 5.74) is -0.0641. The fourth-order valence-electron chi connectivity index (χ4n) is 1.96. The minimum absolute atomic E-state index is 0.0210. The van der Waals surface area contributed by atoms with Gasteiger partial charge in [-0.25, -0.2) is 17.5 Å². The molecule has 0 spiro atoms. The van der Waals surface area contributed by atoms with Crippen molar-refractivity contribution in [1.82, 2.24) is 4.72 Å². The van der Waals surface area contributed by atoms with E-state index in [9.17, 15) is 22.7 Å². The molecule has 2 N–H and O–H groups in total. The summed E-state index contributed by atoms with van der Waals surface area (Å²) in [6.07, 6.45) is 0. The number of benzene rings is 2. The van der Waals surface area contributed by atoms with Crippen LogP contribution in [0.1, 0.15) is 11.5 Å². The van der Waals surface area contributed by atoms with Gasteiger partial charge in [0.25, 0.3) is 0 Å². The lowest BCUT2D eigenvalue weighted by Gasteiger charge is -2.14. The lowest BCUT2D eigenvalue weighted by Crippen LogP contribution is -2.32. The summed E-state index contributed by atoms with van der Waals surface area (Å²) in [4.78, 5) is 11.3. The quantitative estimate of drug-likeness (QED) is 0.851. The number of nitrogens with one attached hydrogen (secondary N) is 1. The second kappa shape index (κ2) is 6.67. The average molecular weight is 323 g/mol. The molecule has 22 heavy (non-hydrogen) atoms. The second-order valence-electron chi connectivity index (χ2n) is 4.58. The first-order valence-corrected chi connectivity index (χ1v) is 7.92. The monoisotopic (exact) mass is 323 g/mol. The lowest BCUT2D eigenvalue weighted by atomic mass is 9.99. The smallest absolute Gasteiger partial charge is 0.312 e. The van der Waals surface area contributed by atoms with E-state index in [1.165, 1.54) is 30.3 Å². The number of carbonyl (C=O) groups is 1. The predicted molar refractivity (Wildman–Crippen MR) is 78.4 cm³/mol. The molecule has 0 heterocycles. The molecule has 1 unspecified atom stereocenters. The maximum absolute atomic E-state index is 13.7. The molecule has 0 radical (unpaired) electrons. The van der Waals surface area contributed by atoms with Gasteiger partial charge in [0.2, 0.25) is 10.0 Å². The van der Waals surface area contributed by atoms with Gasteiger partial charge in [0, 0.05) is 12.1 Å². The number of hydrogen-bond acceptors (Lipinski definition) is 3. The number of carboxylic acids is 1. The van der Waals surface area contributed by atoms with Gasteiger partial charge < -0.3 is 5.11 Å². The molecule has 0 fully saturated rings. The van der Waals surface area contributed by atoms with E-state index < -0.39 is 34.3 Å². The van der Waals surface area contributed by atoms with Crippen molar-refractivity contribution in [3.63, 3.8) is 0 Å². The zero-order valence-corrected chi connectivity index (χ0v) is 12.3. The van der Waals surface area contributed by atoms with E-state index in [-0.39, 0.29) is 10.5 Å². The van der Waals surface area contributed by atoms with Crippen LogP contribution in [0.15, 0.2) is 59.5 Å². The Kier molecular flexibility index (Phi) is 4.89. The Morgan fingerprint density at radius 3 is 2.27 bits per heavy atom. The molecule has 0 aliphatic carbocycles. The number of hydrogen-bond donors (Lipinski definition) is 2. The molecule has 0 aromatic heterocycles. The fourth-order valence-corrected chi connectivity index (χ4v) is 3.03. The topological polar surface area (TPSA) is 83.5 Å². The number of sulfonamides is 1. The maximum Gasteiger partial charge on any atom is 0.312 e. The molecule has 2 rings (SSSR count). The Labute approximate surface area is 127 Å². The van der Waals surface area contributed by atoms with Crippen LogP contribution in [0.5, 0.6) is 0 Å². The zero-order chi connectivity index (χ0) is 16.2. The van der Waals surface area contributed by atoms with Gasteiger partial charge in [-0.3, -0.25) is 4.79 Å². The first-order chi connectivity index (χ1) is 10.4. The number of carboxylic acid groups (broad SMARTS) is 1. The highest BCUT2D eigenvalue weighted by Gasteiger charge is 2.25. The van der Waals surface area contributed by atoms with Crippen LogP contribution in [0, 0.1) is 5.82 Å². The van der Waals surface area contributed by atoms with Crippen LogP contribution >= 0.6 is 0 Å². The number of aliphatic carboxylic acids is 1. The Morgan fingerprint density at radius 1 is 1.09 bits per heavy atom. The van der Waals surface area contributed by atoms with Gasteiger partial charge in [-0.2, -0.15) is 0 Å². The van der Waals surface area contributed by atoms with Crippen LogP contribution in [0.2, 0.25) is 0 Å². The Bertz CT molecular complexity index is 762. The summed E-state index contributed by atoms with van der Waals surface area (Å²) >= 11 is 0. The van der Waals surface area contributed by atoms with Gasteiger partial charge in [-0.15, -0.1) is 0 Å². The highest BCUT2D eigenvalue weighted by Crippen LogP contribution is 2.19. The van der Waals surface area contributed by atoms with E-state index >= 15 is 0 Å². The molecule has 0 amide bonds. The largest absolute Gasteiger partial charge is 0.481 e. The Balaban J connectivity index is 2.21. The molecule has 5 nitrogen and oxygen atoms in total. The highest BCUT2D eigenvalue weighted by molar-refractivity contribution is 7.89. The normalized spacial score (nSPS) is 12.8. The van der Waals surface area contributed by atoms with Crippen molar-refractivity contribution in [2.75, 3.05) is 6.54 Å². The first-order valence-electron chi connectivity index (χ1n) is 6.44. The van der Waals surface area contributed by atoms with Gasteiger partial charge in [0.15, 0.2) is 0 Å². The van der Waals surface area contributed by atoms with Gasteiger partial charge in [-0.1, -0.05) is 36.4 Å². The zero-order valence-electron chi connectivity index (χ0n) is 11.4. The molecule has 2 aromatic rings. The Hall–Kier alpha value is -2.25. The molecular weight excluding hydrogens is 309 g/mol. The van der Waals surface area contributed by atoms with E-state index in [4.69, 9.17) is 0 Å². The van der Waals surface area contributed by atoms with Crippen LogP contribution in [-0.2, 0) is 14.8 Å². The molecule has 2 aromatic carbocycles. The SMILES string of the molecule is O=C(O)C(CNS(=O)(=O)c1ccccc1)c1ccccc1F. The van der Waals surface area contributed by atoms with Crippen molar-refractivity contribution in [2.45, 2.75) is 10.8 Å². The molecule has 0 bridgehead atoms. The fraction of sp³-hybridized carbons (Fsp3) is 0.133. The lowest BCUT2D eigenvalue weighted by molar-refractivity contribution is -0.138. The first kappa shape index (κ1) is 16.1. The van der Waals surface area contributed by atoms with Crippen molar-refractivity contribution in [2.24, 2.45) is 0 Å². The summed E-state index contributed by atoms with van der Waals surface area (Å²) in [5.74, 6) is -3.30. The van der Waals surface area contributed by atoms with Gasteiger partial charge >= 0.3 is 5.97 Å². The van der Waals surface area contributed by atoms with E-state index in [2.05, 4.69) is 4.72 Å². The molecule has 0 aliphatic heterocycles. The third-order valence-corrected chi connectivity index (χ3v) is 4.55. The summed E-state index contributed by atoms with van der Waals surface area (Å²) in [5, 5.41) is 9.22. The molecule has 0 saturated carbocycles. The third kappa shape index (κ3) is 3.69. The van der Waals surface area contributed by atoms with Crippen LogP contribution in [0.25, 0.3) is 0 Å². The van der Waals surface area contributed by atoms with Crippen molar-refractivity contribution in [3.05, 3.63) is 66.0 Å². The summed E-state index contributed by atoms with van der Waals surface area (Å²) in [6.45, 7) is -0.437. The molecule has 1 atom stereocenters. The minimum Gasteiger partial charge on any atom is -0.481 e. The molecule has 7 heteroatoms. The standard InChI is InChI=1S/C15H14FNO4S/c16-14-9-5-4-8-12(14)13(15(18)19)10-17-22(20,21)11-6-2-1-3-7-11/h1-9,13,17H,10H2,(H,18,19). The molecule has 0 saturated heterocycles. The summed E-state index contributed by atoms with van der Waals surface area (Å²) in [7, 11) is -3.85. The van der Waals surface area contributed by atoms with E-state index in [1.54, 1.807) is 18.2 Å². The van der Waals surface area contributed by atoms with E-state index in [0.29, 0.717) is 0 Å². The highest BCUT2D eigenvalue weighted by atomic mass is 32.2. The maximum atomic E-state index is 13.7. The predicted octanol–water partition coefficient (Wildman–Crippen LogP) is 1.97. The van der Waals surface area contributed by atoms with E-state index in [0.717, 1.165) is 6.07 Å². The van der Waals surface area contributed by atoms with Crippen molar-refractivity contribution >= 4 is 16.0 Å². The van der Waals surface area contributed by atoms with Gasteiger partial charge in [0.1, 0.15) is 5.82 Å². The summed E-state index contributed by atoms with van der Waals surface area (Å²) < 4.78 is 40.1. The third-order valence-electron chi connectivity index (χ3n) is 3.11. The average Bonchev–Trinajstić information content (AvgIpc) is 2.50. The van der Waals surface area contributed by atoms with E-state index in [1.807, 2.05) is 0 Å². The molecular formula is C15H14FNO4S. The van der Waals surface area contributed by atoms with Crippen LogP contribution in [0.3, 0.4) is 0 Å². The van der Waals surface area contributed by atoms with Crippen molar-refractivity contribution in [1.29, 1.82) is 0 Å².